The van der Waals surface area contributed by atoms with E-state index in [1.54, 1.807) is 0 Å². The molecule has 3 aromatic rings. The number of hydrogen-bond acceptors (Lipinski definition) is 4. The second-order valence-corrected chi connectivity index (χ2v) is 10.9. The molecule has 4 atom stereocenters. The normalized spacial score (nSPS) is 28.8. The van der Waals surface area contributed by atoms with Gasteiger partial charge in [-0.2, -0.15) is 15.3 Å². The summed E-state index contributed by atoms with van der Waals surface area (Å²) in [5.41, 5.74) is 8.42. The van der Waals surface area contributed by atoms with Crippen molar-refractivity contribution in [2.75, 3.05) is 0 Å². The van der Waals surface area contributed by atoms with Gasteiger partial charge in [0, 0.05) is 16.7 Å². The molecule has 0 bridgehead atoms. The van der Waals surface area contributed by atoms with Crippen molar-refractivity contribution in [3.8, 4) is 11.4 Å². The average Bonchev–Trinajstić information content (AvgIpc) is 3.35. The largest absolute Gasteiger partial charge is 0.508 e. The standard InChI is InChI=1S/C30H34N4O/c1-19-27(20(2)34(33-19)22-7-5-4-6-8-22)18-31-32-29-14-13-28-26-11-9-21-17-23(35)10-12-24(21)25(26)15-16-30(28,29)3/h4-8,10,12,17-18,25-26,28,35H,9,11,13-16H2,1-3H3/t25-,26-,28-,30+/m1/s1. The molecule has 0 amide bonds. The SMILES string of the molecule is Cc1nn(-c2ccccc2)c(C)c1C=NN=C1CC[C@@H]2[C@@H]3CCc4cc(O)ccc4[C@H]3CC[C@]12C. The van der Waals surface area contributed by atoms with Gasteiger partial charge >= 0.3 is 0 Å². The van der Waals surface area contributed by atoms with Gasteiger partial charge in [-0.1, -0.05) is 31.2 Å². The highest BCUT2D eigenvalue weighted by Crippen LogP contribution is 2.60. The summed E-state index contributed by atoms with van der Waals surface area (Å²) in [4.78, 5) is 0. The Morgan fingerprint density at radius 2 is 1.89 bits per heavy atom. The lowest BCUT2D eigenvalue weighted by atomic mass is 9.55. The number of para-hydroxylation sites is 1. The highest BCUT2D eigenvalue weighted by molar-refractivity contribution is 5.93. The molecule has 0 radical (unpaired) electrons. The maximum Gasteiger partial charge on any atom is 0.115 e. The topological polar surface area (TPSA) is 62.8 Å². The Balaban J connectivity index is 1.24. The van der Waals surface area contributed by atoms with Gasteiger partial charge in [0.15, 0.2) is 0 Å². The fraction of sp³-hybridized carbons (Fsp3) is 0.433. The van der Waals surface area contributed by atoms with Crippen LogP contribution in [0, 0.1) is 31.1 Å². The molecule has 0 aliphatic heterocycles. The number of aromatic hydroxyl groups is 1. The van der Waals surface area contributed by atoms with Crippen molar-refractivity contribution in [1.29, 1.82) is 0 Å². The Labute approximate surface area is 207 Å². The van der Waals surface area contributed by atoms with Crippen molar-refractivity contribution >= 4 is 11.9 Å². The second-order valence-electron chi connectivity index (χ2n) is 10.9. The number of phenolic OH excluding ortho intramolecular Hbond substituents is 1. The lowest BCUT2D eigenvalue weighted by molar-refractivity contribution is 0.0955. The predicted molar refractivity (Wildman–Crippen MR) is 141 cm³/mol. The van der Waals surface area contributed by atoms with Gasteiger partial charge in [0.2, 0.25) is 0 Å². The lowest BCUT2D eigenvalue weighted by Gasteiger charge is -2.49. The summed E-state index contributed by atoms with van der Waals surface area (Å²) >= 11 is 0. The van der Waals surface area contributed by atoms with E-state index < -0.39 is 0 Å². The molecule has 35 heavy (non-hydrogen) atoms. The van der Waals surface area contributed by atoms with Crippen LogP contribution in [0.4, 0.5) is 0 Å². The molecule has 3 aliphatic rings. The molecule has 2 saturated carbocycles. The van der Waals surface area contributed by atoms with Gasteiger partial charge in [0.25, 0.3) is 0 Å². The van der Waals surface area contributed by atoms with Gasteiger partial charge < -0.3 is 5.11 Å². The van der Waals surface area contributed by atoms with Gasteiger partial charge in [0.1, 0.15) is 5.75 Å². The molecular weight excluding hydrogens is 432 g/mol. The number of aromatic nitrogens is 2. The van der Waals surface area contributed by atoms with Crippen molar-refractivity contribution in [3.05, 3.63) is 76.6 Å². The monoisotopic (exact) mass is 466 g/mol. The Morgan fingerprint density at radius 3 is 2.71 bits per heavy atom. The number of aryl methyl sites for hydroxylation is 2. The number of hydrogen-bond donors (Lipinski definition) is 1. The molecule has 5 heteroatoms. The van der Waals surface area contributed by atoms with Crippen molar-refractivity contribution < 1.29 is 5.11 Å². The molecular formula is C30H34N4O. The molecule has 3 aliphatic carbocycles. The highest BCUT2D eigenvalue weighted by Gasteiger charge is 2.53. The van der Waals surface area contributed by atoms with Gasteiger partial charge in [-0.05, 0) is 106 Å². The molecule has 2 fully saturated rings. The summed E-state index contributed by atoms with van der Waals surface area (Å²) in [6.45, 7) is 6.57. The van der Waals surface area contributed by atoms with Crippen LogP contribution in [0.3, 0.4) is 0 Å². The van der Waals surface area contributed by atoms with E-state index in [0.29, 0.717) is 23.5 Å². The highest BCUT2D eigenvalue weighted by atomic mass is 16.3. The number of fused-ring (bicyclic) bond motifs is 5. The summed E-state index contributed by atoms with van der Waals surface area (Å²) in [7, 11) is 0. The molecule has 6 rings (SSSR count). The molecule has 1 N–H and O–H groups in total. The molecule has 0 spiro atoms. The third kappa shape index (κ3) is 3.64. The third-order valence-corrected chi connectivity index (χ3v) is 9.16. The Bertz CT molecular complexity index is 1320. The summed E-state index contributed by atoms with van der Waals surface area (Å²) in [5, 5.41) is 24.1. The second kappa shape index (κ2) is 8.47. The van der Waals surface area contributed by atoms with E-state index in [2.05, 4.69) is 37.1 Å². The van der Waals surface area contributed by atoms with Crippen molar-refractivity contribution in [3.63, 3.8) is 0 Å². The van der Waals surface area contributed by atoms with E-state index >= 15 is 0 Å². The van der Waals surface area contributed by atoms with Crippen LogP contribution in [0.15, 0.2) is 58.7 Å². The van der Waals surface area contributed by atoms with Crippen molar-refractivity contribution in [2.24, 2.45) is 27.5 Å². The maximum atomic E-state index is 9.93. The number of nitrogens with zero attached hydrogens (tertiary/aromatic N) is 4. The summed E-state index contributed by atoms with van der Waals surface area (Å²) < 4.78 is 1.98. The maximum absolute atomic E-state index is 9.93. The number of phenols is 1. The first-order chi connectivity index (χ1) is 17.0. The Kier molecular flexibility index (Phi) is 5.39. The Morgan fingerprint density at radius 1 is 1.06 bits per heavy atom. The smallest absolute Gasteiger partial charge is 0.115 e. The molecule has 5 nitrogen and oxygen atoms in total. The van der Waals surface area contributed by atoms with Crippen molar-refractivity contribution in [1.82, 2.24) is 9.78 Å². The third-order valence-electron chi connectivity index (χ3n) is 9.16. The summed E-state index contributed by atoms with van der Waals surface area (Å²) in [5.74, 6) is 2.39. The molecule has 180 valence electrons. The minimum Gasteiger partial charge on any atom is -0.508 e. The minimum atomic E-state index is 0.144. The molecule has 0 unspecified atom stereocenters. The summed E-state index contributed by atoms with van der Waals surface area (Å²) in [6.07, 6.45) is 8.81. The minimum absolute atomic E-state index is 0.144. The molecule has 2 aromatic carbocycles. The van der Waals surface area contributed by atoms with Gasteiger partial charge in [-0.15, -0.1) is 0 Å². The fourth-order valence-corrected chi connectivity index (χ4v) is 7.34. The van der Waals surface area contributed by atoms with Crippen molar-refractivity contribution in [2.45, 2.75) is 65.2 Å². The van der Waals surface area contributed by atoms with E-state index in [9.17, 15) is 5.11 Å². The zero-order valence-electron chi connectivity index (χ0n) is 20.9. The molecule has 1 aromatic heterocycles. The zero-order valence-corrected chi connectivity index (χ0v) is 20.9. The van der Waals surface area contributed by atoms with Crippen LogP contribution in [0.1, 0.15) is 73.0 Å². The average molecular weight is 467 g/mol. The lowest BCUT2D eigenvalue weighted by Crippen LogP contribution is -2.42. The zero-order chi connectivity index (χ0) is 24.2. The molecule has 0 saturated heterocycles. The van der Waals surface area contributed by atoms with E-state index in [4.69, 9.17) is 10.2 Å². The summed E-state index contributed by atoms with van der Waals surface area (Å²) in [6, 6.07) is 16.3. The van der Waals surface area contributed by atoms with Gasteiger partial charge in [-0.3, -0.25) is 0 Å². The van der Waals surface area contributed by atoms with Crippen LogP contribution in [-0.2, 0) is 6.42 Å². The molecule has 1 heterocycles. The van der Waals surface area contributed by atoms with E-state index in [1.807, 2.05) is 48.2 Å². The quantitative estimate of drug-likeness (QED) is 0.352. The first-order valence-electron chi connectivity index (χ1n) is 13.0. The number of benzene rings is 2. The van der Waals surface area contributed by atoms with Crippen LogP contribution in [0.2, 0.25) is 0 Å². The van der Waals surface area contributed by atoms with Gasteiger partial charge in [0.05, 0.1) is 23.3 Å². The first kappa shape index (κ1) is 22.3. The van der Waals surface area contributed by atoms with E-state index in [1.165, 1.54) is 36.1 Å². The van der Waals surface area contributed by atoms with Crippen LogP contribution in [-0.4, -0.2) is 26.8 Å². The van der Waals surface area contributed by atoms with E-state index in [0.717, 1.165) is 41.9 Å². The first-order valence-corrected chi connectivity index (χ1v) is 13.0. The van der Waals surface area contributed by atoms with Gasteiger partial charge in [-0.25, -0.2) is 4.68 Å². The predicted octanol–water partition coefficient (Wildman–Crippen LogP) is 6.53. The Hall–Kier alpha value is -3.21. The number of rotatable bonds is 3. The van der Waals surface area contributed by atoms with Crippen LogP contribution < -0.4 is 0 Å². The van der Waals surface area contributed by atoms with E-state index in [-0.39, 0.29) is 5.41 Å². The van der Waals surface area contributed by atoms with Crippen LogP contribution in [0.5, 0.6) is 5.75 Å². The van der Waals surface area contributed by atoms with Crippen LogP contribution >= 0.6 is 0 Å². The van der Waals surface area contributed by atoms with Crippen LogP contribution in [0.25, 0.3) is 5.69 Å². The fourth-order valence-electron chi connectivity index (χ4n) is 7.34.